The number of nitrogens with zero attached hydrogens (tertiary/aromatic N) is 1. The first-order chi connectivity index (χ1) is 13.7. The van der Waals surface area contributed by atoms with Gasteiger partial charge in [0.2, 0.25) is 12.0 Å². The van der Waals surface area contributed by atoms with Crippen molar-refractivity contribution in [1.29, 1.82) is 0 Å². The van der Waals surface area contributed by atoms with Gasteiger partial charge in [0.1, 0.15) is 18.1 Å². The molecule has 0 radical (unpaired) electrons. The highest BCUT2D eigenvalue weighted by Crippen LogP contribution is 2.31. The normalized spacial score (nSPS) is 20.4. The van der Waals surface area contributed by atoms with Crippen LogP contribution in [0.15, 0.2) is 60.7 Å². The van der Waals surface area contributed by atoms with Crippen molar-refractivity contribution < 1.29 is 23.8 Å². The fourth-order valence-electron chi connectivity index (χ4n) is 3.24. The van der Waals surface area contributed by atoms with E-state index in [0.717, 1.165) is 5.56 Å². The Bertz CT molecular complexity index is 887. The molecule has 0 aliphatic carbocycles. The van der Waals surface area contributed by atoms with E-state index >= 15 is 0 Å². The summed E-state index contributed by atoms with van der Waals surface area (Å²) < 4.78 is 17.3. The molecule has 2 aromatic carbocycles. The molecule has 1 fully saturated rings. The Morgan fingerprint density at radius 2 is 1.68 bits per heavy atom. The molecule has 2 aliphatic rings. The molecule has 0 amide bonds. The Morgan fingerprint density at radius 1 is 0.964 bits per heavy atom. The lowest BCUT2D eigenvalue weighted by Crippen LogP contribution is -2.51. The van der Waals surface area contributed by atoms with Crippen LogP contribution in [-0.2, 0) is 25.7 Å². The maximum absolute atomic E-state index is 12.4. The van der Waals surface area contributed by atoms with E-state index in [1.54, 1.807) is 0 Å². The lowest BCUT2D eigenvalue weighted by Gasteiger charge is -2.35. The summed E-state index contributed by atoms with van der Waals surface area (Å²) in [4.78, 5) is 26.5. The van der Waals surface area contributed by atoms with Crippen LogP contribution in [0.5, 0.6) is 5.75 Å². The summed E-state index contributed by atoms with van der Waals surface area (Å²) in [7, 11) is 0. The summed E-state index contributed by atoms with van der Waals surface area (Å²) in [6, 6.07) is 17.2. The predicted molar refractivity (Wildman–Crippen MR) is 102 cm³/mol. The van der Waals surface area contributed by atoms with Crippen LogP contribution in [-0.4, -0.2) is 49.0 Å². The highest BCUT2D eigenvalue weighted by molar-refractivity contribution is 6.44. The lowest BCUT2D eigenvalue weighted by molar-refractivity contribution is -0.150. The summed E-state index contributed by atoms with van der Waals surface area (Å²) >= 11 is 0. The van der Waals surface area contributed by atoms with Gasteiger partial charge in [-0.1, -0.05) is 42.5 Å². The van der Waals surface area contributed by atoms with Gasteiger partial charge < -0.3 is 14.2 Å². The third kappa shape index (κ3) is 3.98. The Labute approximate surface area is 163 Å². The van der Waals surface area contributed by atoms with E-state index in [2.05, 4.69) is 0 Å². The summed E-state index contributed by atoms with van der Waals surface area (Å²) in [6.45, 7) is 2.51. The second-order valence-electron chi connectivity index (χ2n) is 6.63. The Morgan fingerprint density at radius 3 is 2.46 bits per heavy atom. The van der Waals surface area contributed by atoms with Crippen molar-refractivity contribution in [2.24, 2.45) is 0 Å². The van der Waals surface area contributed by atoms with E-state index in [4.69, 9.17) is 14.2 Å². The van der Waals surface area contributed by atoms with Crippen molar-refractivity contribution in [1.82, 2.24) is 4.90 Å². The zero-order valence-corrected chi connectivity index (χ0v) is 15.4. The molecule has 2 heterocycles. The summed E-state index contributed by atoms with van der Waals surface area (Å²) in [5.74, 6) is -0.158. The van der Waals surface area contributed by atoms with Gasteiger partial charge >= 0.3 is 0 Å². The minimum Gasteiger partial charge on any atom is -0.488 e. The number of rotatable bonds is 5. The molecule has 28 heavy (non-hydrogen) atoms. The minimum atomic E-state index is -0.918. The zero-order valence-electron chi connectivity index (χ0n) is 15.4. The Kier molecular flexibility index (Phi) is 5.50. The highest BCUT2D eigenvalue weighted by atomic mass is 16.5. The number of benzene rings is 2. The fraction of sp³-hybridized carbons (Fsp3) is 0.273. The molecule has 0 spiro atoms. The molecule has 6 nitrogen and oxygen atoms in total. The largest absolute Gasteiger partial charge is 0.488 e. The molecule has 1 unspecified atom stereocenters. The topological polar surface area (TPSA) is 65.1 Å². The van der Waals surface area contributed by atoms with Crippen molar-refractivity contribution in [2.45, 2.75) is 12.8 Å². The van der Waals surface area contributed by atoms with E-state index in [0.29, 0.717) is 50.0 Å². The first-order valence-corrected chi connectivity index (χ1v) is 9.27. The molecule has 0 saturated carbocycles. The molecule has 0 aromatic heterocycles. The van der Waals surface area contributed by atoms with Crippen LogP contribution in [0.25, 0.3) is 5.76 Å². The fourth-order valence-corrected chi connectivity index (χ4v) is 3.24. The molecule has 2 aromatic rings. The molecule has 1 saturated heterocycles. The number of carbonyl (C=O) groups excluding carboxylic acids is 2. The van der Waals surface area contributed by atoms with Gasteiger partial charge in [-0.15, -0.1) is 0 Å². The van der Waals surface area contributed by atoms with Crippen LogP contribution in [0, 0.1) is 0 Å². The van der Waals surface area contributed by atoms with E-state index in [1.807, 2.05) is 59.5 Å². The first kappa shape index (κ1) is 18.4. The van der Waals surface area contributed by atoms with Gasteiger partial charge in [0, 0.05) is 19.2 Å². The highest BCUT2D eigenvalue weighted by Gasteiger charge is 2.37. The van der Waals surface area contributed by atoms with Gasteiger partial charge in [0.15, 0.2) is 0 Å². The summed E-state index contributed by atoms with van der Waals surface area (Å²) in [6.07, 6.45) is 0.336. The van der Waals surface area contributed by atoms with Gasteiger partial charge in [-0.3, -0.25) is 14.5 Å². The van der Waals surface area contributed by atoms with Crippen LogP contribution in [0.2, 0.25) is 0 Å². The monoisotopic (exact) mass is 379 g/mol. The van der Waals surface area contributed by atoms with Crippen molar-refractivity contribution in [2.75, 3.05) is 26.3 Å². The molecule has 144 valence electrons. The Balaban J connectivity index is 1.56. The predicted octanol–water partition coefficient (Wildman–Crippen LogP) is 2.43. The number of hydrogen-bond donors (Lipinski definition) is 0. The first-order valence-electron chi connectivity index (χ1n) is 9.27. The number of hydrogen-bond acceptors (Lipinski definition) is 6. The number of Topliss-reactive ketones (excluding diaryl/α,β-unsaturated/α-hetero) is 1. The van der Waals surface area contributed by atoms with Gasteiger partial charge in [-0.05, 0) is 17.7 Å². The van der Waals surface area contributed by atoms with E-state index < -0.39 is 17.8 Å². The molecule has 0 N–H and O–H groups in total. The summed E-state index contributed by atoms with van der Waals surface area (Å²) in [5, 5.41) is 0. The molecular weight excluding hydrogens is 358 g/mol. The molecule has 0 bridgehead atoms. The number of para-hydroxylation sites is 1. The third-order valence-corrected chi connectivity index (χ3v) is 4.73. The standard InChI is InChI=1S/C22H21NO5/c24-18-14-20(28-22(21(18)25)23-10-12-26-13-11-23)17-8-4-5-9-19(17)27-15-16-6-2-1-3-7-16/h1-9,14,22H,10-13,15H2. The maximum atomic E-state index is 12.4. The quantitative estimate of drug-likeness (QED) is 0.744. The number of ketones is 2. The van der Waals surface area contributed by atoms with Gasteiger partial charge in [-0.2, -0.15) is 0 Å². The average Bonchev–Trinajstić information content (AvgIpc) is 2.76. The van der Waals surface area contributed by atoms with Crippen LogP contribution in [0.1, 0.15) is 11.1 Å². The molecule has 6 heteroatoms. The summed E-state index contributed by atoms with van der Waals surface area (Å²) in [5.41, 5.74) is 1.69. The van der Waals surface area contributed by atoms with E-state index in [-0.39, 0.29) is 0 Å². The van der Waals surface area contributed by atoms with Crippen LogP contribution < -0.4 is 4.74 Å². The number of ether oxygens (including phenoxy) is 3. The molecular formula is C22H21NO5. The zero-order chi connectivity index (χ0) is 19.3. The van der Waals surface area contributed by atoms with E-state index in [1.165, 1.54) is 6.08 Å². The SMILES string of the molecule is O=C1C=C(c2ccccc2OCc2ccccc2)OC(N2CCOCC2)C1=O. The second-order valence-corrected chi connectivity index (χ2v) is 6.63. The molecule has 4 rings (SSSR count). The van der Waals surface area contributed by atoms with Gasteiger partial charge in [0.05, 0.1) is 18.8 Å². The second kappa shape index (κ2) is 8.37. The molecule has 1 atom stereocenters. The average molecular weight is 379 g/mol. The third-order valence-electron chi connectivity index (χ3n) is 4.73. The smallest absolute Gasteiger partial charge is 0.258 e. The number of allylic oxidation sites excluding steroid dienone is 1. The van der Waals surface area contributed by atoms with Crippen LogP contribution >= 0.6 is 0 Å². The molecule has 2 aliphatic heterocycles. The number of carbonyl (C=O) groups is 2. The van der Waals surface area contributed by atoms with Crippen molar-refractivity contribution in [3.05, 3.63) is 71.8 Å². The van der Waals surface area contributed by atoms with Crippen LogP contribution in [0.4, 0.5) is 0 Å². The van der Waals surface area contributed by atoms with Crippen molar-refractivity contribution >= 4 is 17.3 Å². The minimum absolute atomic E-state index is 0.352. The van der Waals surface area contributed by atoms with Crippen molar-refractivity contribution in [3.63, 3.8) is 0 Å². The van der Waals surface area contributed by atoms with Gasteiger partial charge in [0.25, 0.3) is 5.78 Å². The Hall–Kier alpha value is -2.96. The van der Waals surface area contributed by atoms with Gasteiger partial charge in [-0.25, -0.2) is 0 Å². The number of morpholine rings is 1. The lowest BCUT2D eigenvalue weighted by atomic mass is 10.1. The van der Waals surface area contributed by atoms with E-state index in [9.17, 15) is 9.59 Å². The van der Waals surface area contributed by atoms with Crippen LogP contribution in [0.3, 0.4) is 0 Å². The maximum Gasteiger partial charge on any atom is 0.258 e. The van der Waals surface area contributed by atoms with Crippen molar-refractivity contribution in [3.8, 4) is 5.75 Å².